The van der Waals surface area contributed by atoms with Gasteiger partial charge in [-0.25, -0.2) is 0 Å². The minimum atomic E-state index is -0.173. The van der Waals surface area contributed by atoms with Crippen molar-refractivity contribution < 1.29 is 14.6 Å². The number of benzene rings is 1. The van der Waals surface area contributed by atoms with E-state index in [1.165, 1.54) is 23.8 Å². The van der Waals surface area contributed by atoms with Crippen LogP contribution in [0, 0.1) is 0 Å². The zero-order chi connectivity index (χ0) is 14.2. The molecule has 1 aromatic rings. The van der Waals surface area contributed by atoms with Gasteiger partial charge in [-0.2, -0.15) is 0 Å². The fraction of sp³-hybridized carbons (Fsp3) is 0.167. The van der Waals surface area contributed by atoms with E-state index in [4.69, 9.17) is 17.0 Å². The third kappa shape index (κ3) is 2.77. The molecule has 1 aliphatic heterocycles. The van der Waals surface area contributed by atoms with Gasteiger partial charge in [0.15, 0.2) is 0 Å². The quantitative estimate of drug-likeness (QED) is 0.649. The largest absolute Gasteiger partial charge is 0.506 e. The number of hydrogen-bond acceptors (Lipinski definition) is 5. The van der Waals surface area contributed by atoms with Crippen LogP contribution in [0.4, 0.5) is 0 Å². The molecule has 0 spiro atoms. The number of phenolic OH excluding ortho intramolecular Hbond substituents is 1. The molecule has 0 atom stereocenters. The summed E-state index contributed by atoms with van der Waals surface area (Å²) >= 11 is 9.50. The third-order valence-corrected chi connectivity index (χ3v) is 4.66. The lowest BCUT2D eigenvalue weighted by molar-refractivity contribution is -0.121. The van der Waals surface area contributed by atoms with Gasteiger partial charge in [0.25, 0.3) is 5.91 Å². The predicted molar refractivity (Wildman–Crippen MR) is 83.3 cm³/mol. The Morgan fingerprint density at radius 3 is 2.74 bits per heavy atom. The van der Waals surface area contributed by atoms with Crippen molar-refractivity contribution in [1.29, 1.82) is 0 Å². The molecule has 1 saturated heterocycles. The Balaban J connectivity index is 2.46. The number of amides is 1. The molecule has 100 valence electrons. The van der Waals surface area contributed by atoms with E-state index in [1.807, 2.05) is 0 Å². The topological polar surface area (TPSA) is 49.8 Å². The Morgan fingerprint density at radius 1 is 1.53 bits per heavy atom. The van der Waals surface area contributed by atoms with Gasteiger partial charge in [-0.3, -0.25) is 9.69 Å². The molecule has 0 radical (unpaired) electrons. The average Bonchev–Trinajstić information content (AvgIpc) is 2.62. The van der Waals surface area contributed by atoms with Crippen molar-refractivity contribution in [2.24, 2.45) is 0 Å². The fourth-order valence-corrected chi connectivity index (χ4v) is 3.13. The fourth-order valence-electron chi connectivity index (χ4n) is 1.51. The number of carbonyl (C=O) groups excluding carboxylic acids is 1. The molecule has 1 heterocycles. The molecule has 0 aliphatic carbocycles. The second kappa shape index (κ2) is 5.52. The van der Waals surface area contributed by atoms with Gasteiger partial charge in [-0.1, -0.05) is 24.0 Å². The number of likely N-dealkylation sites (N-methyl/N-ethyl adjacent to an activating group) is 1. The van der Waals surface area contributed by atoms with Gasteiger partial charge in [0.05, 0.1) is 16.5 Å². The number of carbonyl (C=O) groups is 1. The van der Waals surface area contributed by atoms with E-state index in [9.17, 15) is 9.90 Å². The van der Waals surface area contributed by atoms with Crippen molar-refractivity contribution in [3.8, 4) is 11.5 Å². The van der Waals surface area contributed by atoms with E-state index in [0.29, 0.717) is 25.0 Å². The number of phenols is 1. The molecular weight excluding hydrogens is 350 g/mol. The molecule has 1 fully saturated rings. The summed E-state index contributed by atoms with van der Waals surface area (Å²) in [7, 11) is 3.16. The maximum Gasteiger partial charge on any atom is 0.265 e. The zero-order valence-corrected chi connectivity index (χ0v) is 13.4. The highest BCUT2D eigenvalue weighted by Crippen LogP contribution is 2.37. The maximum absolute atomic E-state index is 11.9. The summed E-state index contributed by atoms with van der Waals surface area (Å²) in [4.78, 5) is 13.8. The summed E-state index contributed by atoms with van der Waals surface area (Å²) in [5.74, 6) is 0.471. The number of nitrogens with zero attached hydrogens (tertiary/aromatic N) is 1. The molecule has 4 nitrogen and oxygen atoms in total. The molecule has 0 unspecified atom stereocenters. The Morgan fingerprint density at radius 2 is 2.21 bits per heavy atom. The van der Waals surface area contributed by atoms with Crippen LogP contribution in [0.25, 0.3) is 6.08 Å². The summed E-state index contributed by atoms with van der Waals surface area (Å²) in [6, 6.07) is 3.31. The van der Waals surface area contributed by atoms with Gasteiger partial charge in [-0.15, -0.1) is 0 Å². The van der Waals surface area contributed by atoms with Gasteiger partial charge >= 0.3 is 0 Å². The van der Waals surface area contributed by atoms with Crippen LogP contribution in [0.5, 0.6) is 11.5 Å². The number of thiocarbonyl (C=S) groups is 1. The van der Waals surface area contributed by atoms with Crippen LogP contribution in [0.15, 0.2) is 21.5 Å². The lowest BCUT2D eigenvalue weighted by Gasteiger charge is -2.07. The van der Waals surface area contributed by atoms with Gasteiger partial charge in [0.1, 0.15) is 15.8 Å². The first kappa shape index (κ1) is 14.4. The first-order chi connectivity index (χ1) is 8.93. The van der Waals surface area contributed by atoms with Crippen molar-refractivity contribution >= 4 is 56.2 Å². The first-order valence-electron chi connectivity index (χ1n) is 5.22. The van der Waals surface area contributed by atoms with Crippen LogP contribution in [0.3, 0.4) is 0 Å². The van der Waals surface area contributed by atoms with Crippen LogP contribution < -0.4 is 4.74 Å². The SMILES string of the molecule is COc1cc(Br)c(O)c(/C=C2/SC(=S)N(C)C2=O)c1. The van der Waals surface area contributed by atoms with Gasteiger partial charge in [0, 0.05) is 12.6 Å². The van der Waals surface area contributed by atoms with Gasteiger partial charge in [-0.05, 0) is 34.1 Å². The van der Waals surface area contributed by atoms with Crippen molar-refractivity contribution in [1.82, 2.24) is 4.90 Å². The van der Waals surface area contributed by atoms with Crippen LogP contribution in [-0.4, -0.2) is 34.4 Å². The van der Waals surface area contributed by atoms with Crippen LogP contribution in [0.2, 0.25) is 0 Å². The van der Waals surface area contributed by atoms with Gasteiger partial charge in [0.2, 0.25) is 0 Å². The van der Waals surface area contributed by atoms with Crippen molar-refractivity contribution in [3.05, 3.63) is 27.1 Å². The average molecular weight is 360 g/mol. The van der Waals surface area contributed by atoms with E-state index in [-0.39, 0.29) is 11.7 Å². The summed E-state index contributed by atoms with van der Waals surface area (Å²) in [5, 5.41) is 9.98. The Kier molecular flexibility index (Phi) is 4.17. The maximum atomic E-state index is 11.9. The molecule has 1 aromatic carbocycles. The van der Waals surface area contributed by atoms with E-state index in [2.05, 4.69) is 15.9 Å². The smallest absolute Gasteiger partial charge is 0.265 e. The molecule has 0 bridgehead atoms. The number of aromatic hydroxyl groups is 1. The lowest BCUT2D eigenvalue weighted by Crippen LogP contribution is -2.22. The number of hydrogen-bond donors (Lipinski definition) is 1. The third-order valence-electron chi connectivity index (χ3n) is 2.58. The van der Waals surface area contributed by atoms with E-state index in [1.54, 1.807) is 25.3 Å². The second-order valence-electron chi connectivity index (χ2n) is 3.79. The van der Waals surface area contributed by atoms with Gasteiger partial charge < -0.3 is 9.84 Å². The standard InChI is InChI=1S/C12H10BrNO3S2/c1-14-11(16)9(19-12(14)18)4-6-3-7(17-2)5-8(13)10(6)15/h3-5,15H,1-2H3/b9-4+. The number of halogens is 1. The number of thioether (sulfide) groups is 1. The van der Waals surface area contributed by atoms with Crippen LogP contribution >= 0.6 is 39.9 Å². The Labute approximate surface area is 128 Å². The molecule has 0 saturated carbocycles. The molecule has 1 aliphatic rings. The summed E-state index contributed by atoms with van der Waals surface area (Å²) in [6.45, 7) is 0. The Bertz CT molecular complexity index is 601. The summed E-state index contributed by atoms with van der Waals surface area (Å²) in [6.07, 6.45) is 1.60. The molecule has 7 heteroatoms. The molecule has 1 amide bonds. The Hall–Kier alpha value is -1.05. The lowest BCUT2D eigenvalue weighted by atomic mass is 10.1. The van der Waals surface area contributed by atoms with Crippen LogP contribution in [0.1, 0.15) is 5.56 Å². The predicted octanol–water partition coefficient (Wildman–Crippen LogP) is 2.99. The van der Waals surface area contributed by atoms with Crippen molar-refractivity contribution in [2.75, 3.05) is 14.2 Å². The van der Waals surface area contributed by atoms with E-state index in [0.717, 1.165) is 0 Å². The monoisotopic (exact) mass is 359 g/mol. The normalized spacial score (nSPS) is 17.4. The summed E-state index contributed by atoms with van der Waals surface area (Å²) < 4.78 is 6.13. The molecule has 19 heavy (non-hydrogen) atoms. The molecular formula is C12H10BrNO3S2. The highest BCUT2D eigenvalue weighted by Gasteiger charge is 2.29. The van der Waals surface area contributed by atoms with Crippen LogP contribution in [-0.2, 0) is 4.79 Å². The highest BCUT2D eigenvalue weighted by atomic mass is 79.9. The molecule has 1 N–H and O–H groups in total. The second-order valence-corrected chi connectivity index (χ2v) is 6.32. The molecule has 0 aromatic heterocycles. The first-order valence-corrected chi connectivity index (χ1v) is 7.24. The van der Waals surface area contributed by atoms with Crippen molar-refractivity contribution in [3.63, 3.8) is 0 Å². The zero-order valence-electron chi connectivity index (χ0n) is 10.1. The highest BCUT2D eigenvalue weighted by molar-refractivity contribution is 9.10. The van der Waals surface area contributed by atoms with Crippen molar-refractivity contribution in [2.45, 2.75) is 0 Å². The number of ether oxygens (including phenoxy) is 1. The van der Waals surface area contributed by atoms with E-state index < -0.39 is 0 Å². The number of rotatable bonds is 2. The molecule has 2 rings (SSSR count). The van der Waals surface area contributed by atoms with E-state index >= 15 is 0 Å². The summed E-state index contributed by atoms with van der Waals surface area (Å²) in [5.41, 5.74) is 0.500. The number of methoxy groups -OCH3 is 1. The minimum Gasteiger partial charge on any atom is -0.506 e. The minimum absolute atomic E-state index is 0.0576.